The van der Waals surface area contributed by atoms with Gasteiger partial charge >= 0.3 is 0 Å². The number of carbonyl (C=O) groups is 2. The summed E-state index contributed by atoms with van der Waals surface area (Å²) in [4.78, 5) is 24.1. The molecule has 0 aliphatic carbocycles. The van der Waals surface area contributed by atoms with Crippen LogP contribution in [0.2, 0.25) is 5.02 Å². The van der Waals surface area contributed by atoms with Gasteiger partial charge in [-0.15, -0.1) is 0 Å². The third-order valence-corrected chi connectivity index (χ3v) is 5.48. The van der Waals surface area contributed by atoms with Crippen molar-refractivity contribution in [3.05, 3.63) is 64.7 Å². The summed E-state index contributed by atoms with van der Waals surface area (Å²) in [7, 11) is -3.29. The van der Waals surface area contributed by atoms with Crippen LogP contribution in [0.5, 0.6) is 0 Å². The Bertz CT molecular complexity index is 841. The summed E-state index contributed by atoms with van der Waals surface area (Å²) >= 11 is 6.73. The van der Waals surface area contributed by atoms with Crippen LogP contribution in [0.15, 0.2) is 53.4 Å². The number of carbonyl (C=O) groups excluding carboxylic acids is 2. The molecule has 0 N–H and O–H groups in total. The second-order valence-electron chi connectivity index (χ2n) is 5.18. The molecule has 0 unspecified atom stereocenters. The molecule has 0 fully saturated rings. The van der Waals surface area contributed by atoms with Gasteiger partial charge < -0.3 is 0 Å². The van der Waals surface area contributed by atoms with Crippen LogP contribution in [-0.4, -0.2) is 31.3 Å². The average molecular weight is 383 g/mol. The first-order valence-electron chi connectivity index (χ1n) is 6.99. The van der Waals surface area contributed by atoms with E-state index in [2.05, 4.69) is 0 Å². The molecule has 2 aromatic rings. The maximum atomic E-state index is 12.1. The first-order valence-corrected chi connectivity index (χ1v) is 10.2. The first kappa shape index (κ1) is 18.7. The molecule has 0 saturated heterocycles. The van der Waals surface area contributed by atoms with Gasteiger partial charge in [0.25, 0.3) is 0 Å². The van der Waals surface area contributed by atoms with Gasteiger partial charge in [-0.3, -0.25) is 9.59 Å². The van der Waals surface area contributed by atoms with Crippen molar-refractivity contribution in [2.24, 2.45) is 0 Å². The SMILES string of the molecule is CS(=O)(=O)c1ccc(C(=O)CSC(=O)Cc2ccc(Cl)cc2)cc1. The smallest absolute Gasteiger partial charge is 0.193 e. The Morgan fingerprint density at radius 1 is 1.00 bits per heavy atom. The lowest BCUT2D eigenvalue weighted by Gasteiger charge is -2.03. The molecule has 2 rings (SSSR count). The van der Waals surface area contributed by atoms with Crippen molar-refractivity contribution in [1.29, 1.82) is 0 Å². The lowest BCUT2D eigenvalue weighted by Crippen LogP contribution is -2.07. The predicted octanol–water partition coefficient (Wildman–Crippen LogP) is 3.43. The molecule has 0 bridgehead atoms. The highest BCUT2D eigenvalue weighted by Gasteiger charge is 2.12. The van der Waals surface area contributed by atoms with E-state index in [1.54, 1.807) is 24.3 Å². The van der Waals surface area contributed by atoms with Crippen molar-refractivity contribution in [3.63, 3.8) is 0 Å². The number of halogens is 1. The van der Waals surface area contributed by atoms with E-state index in [0.717, 1.165) is 23.6 Å². The van der Waals surface area contributed by atoms with E-state index in [1.165, 1.54) is 24.3 Å². The minimum Gasteiger partial charge on any atom is -0.293 e. The van der Waals surface area contributed by atoms with Gasteiger partial charge in [0.1, 0.15) is 0 Å². The van der Waals surface area contributed by atoms with Crippen LogP contribution in [0, 0.1) is 0 Å². The third kappa shape index (κ3) is 5.47. The fourth-order valence-electron chi connectivity index (χ4n) is 1.94. The Morgan fingerprint density at radius 3 is 2.12 bits per heavy atom. The monoisotopic (exact) mass is 382 g/mol. The van der Waals surface area contributed by atoms with Crippen LogP contribution < -0.4 is 0 Å². The molecule has 126 valence electrons. The third-order valence-electron chi connectivity index (χ3n) is 3.23. The van der Waals surface area contributed by atoms with E-state index in [4.69, 9.17) is 11.6 Å². The number of sulfone groups is 1. The molecule has 0 atom stereocenters. The van der Waals surface area contributed by atoms with Crippen molar-refractivity contribution in [2.45, 2.75) is 11.3 Å². The highest BCUT2D eigenvalue weighted by Crippen LogP contribution is 2.16. The molecular formula is C17H15ClO4S2. The van der Waals surface area contributed by atoms with Crippen LogP contribution in [0.3, 0.4) is 0 Å². The Kier molecular flexibility index (Phi) is 6.21. The van der Waals surface area contributed by atoms with Gasteiger partial charge in [-0.2, -0.15) is 0 Å². The lowest BCUT2D eigenvalue weighted by molar-refractivity contribution is -0.110. The van der Waals surface area contributed by atoms with Crippen molar-refractivity contribution in [2.75, 3.05) is 12.0 Å². The van der Waals surface area contributed by atoms with Crippen LogP contribution in [0.4, 0.5) is 0 Å². The molecule has 0 aromatic heterocycles. The largest absolute Gasteiger partial charge is 0.293 e. The molecule has 24 heavy (non-hydrogen) atoms. The minimum atomic E-state index is -3.29. The standard InChI is InChI=1S/C17H15ClO4S2/c1-24(21,22)15-8-4-13(5-9-15)16(19)11-23-17(20)10-12-2-6-14(18)7-3-12/h2-9H,10-11H2,1H3. The number of hydrogen-bond donors (Lipinski definition) is 0. The fraction of sp³-hybridized carbons (Fsp3) is 0.176. The van der Waals surface area contributed by atoms with Gasteiger partial charge in [0.05, 0.1) is 10.6 Å². The molecule has 0 spiro atoms. The van der Waals surface area contributed by atoms with Crippen LogP contribution in [0.25, 0.3) is 0 Å². The summed E-state index contributed by atoms with van der Waals surface area (Å²) in [6, 6.07) is 12.7. The van der Waals surface area contributed by atoms with Crippen molar-refractivity contribution in [1.82, 2.24) is 0 Å². The van der Waals surface area contributed by atoms with E-state index >= 15 is 0 Å². The van der Waals surface area contributed by atoms with Gasteiger partial charge in [0, 0.05) is 23.3 Å². The summed E-state index contributed by atoms with van der Waals surface area (Å²) < 4.78 is 22.8. The zero-order valence-electron chi connectivity index (χ0n) is 12.9. The summed E-state index contributed by atoms with van der Waals surface area (Å²) in [5.41, 5.74) is 1.22. The first-order chi connectivity index (χ1) is 11.3. The second-order valence-corrected chi connectivity index (χ2v) is 8.67. The van der Waals surface area contributed by atoms with Crippen molar-refractivity contribution < 1.29 is 18.0 Å². The number of rotatable bonds is 6. The Morgan fingerprint density at radius 2 is 1.58 bits per heavy atom. The van der Waals surface area contributed by atoms with Gasteiger partial charge in [-0.05, 0) is 29.8 Å². The van der Waals surface area contributed by atoms with E-state index < -0.39 is 9.84 Å². The van der Waals surface area contributed by atoms with Gasteiger partial charge in [-0.25, -0.2) is 8.42 Å². The number of thioether (sulfide) groups is 1. The number of ketones is 1. The number of Topliss-reactive ketones (excluding diaryl/α,β-unsaturated/α-hetero) is 1. The maximum absolute atomic E-state index is 12.1. The molecule has 7 heteroatoms. The summed E-state index contributed by atoms with van der Waals surface area (Å²) in [6.07, 6.45) is 1.33. The van der Waals surface area contributed by atoms with E-state index in [1.807, 2.05) is 0 Å². The zero-order chi connectivity index (χ0) is 17.7. The second kappa shape index (κ2) is 7.96. The van der Waals surface area contributed by atoms with E-state index in [0.29, 0.717) is 10.6 Å². The Labute approximate surface area is 150 Å². The molecule has 0 heterocycles. The normalized spacial score (nSPS) is 11.2. The Balaban J connectivity index is 1.90. The van der Waals surface area contributed by atoms with Crippen LogP contribution in [0.1, 0.15) is 15.9 Å². The highest BCUT2D eigenvalue weighted by molar-refractivity contribution is 8.14. The zero-order valence-corrected chi connectivity index (χ0v) is 15.2. The van der Waals surface area contributed by atoms with Crippen LogP contribution >= 0.6 is 23.4 Å². The van der Waals surface area contributed by atoms with Gasteiger partial charge in [0.15, 0.2) is 20.7 Å². The van der Waals surface area contributed by atoms with Crippen molar-refractivity contribution >= 4 is 44.1 Å². The topological polar surface area (TPSA) is 68.3 Å². The Hall–Kier alpha value is -1.63. The molecule has 2 aromatic carbocycles. The van der Waals surface area contributed by atoms with Gasteiger partial charge in [-0.1, -0.05) is 47.6 Å². The quantitative estimate of drug-likeness (QED) is 0.716. The summed E-state index contributed by atoms with van der Waals surface area (Å²) in [5, 5.41) is 0.491. The molecule has 0 saturated carbocycles. The average Bonchev–Trinajstić information content (AvgIpc) is 2.54. The summed E-state index contributed by atoms with van der Waals surface area (Å²) in [6.45, 7) is 0. The molecule has 0 aliphatic heterocycles. The molecule has 0 aliphatic rings. The summed E-state index contributed by atoms with van der Waals surface area (Å²) in [5.74, 6) is -0.200. The van der Waals surface area contributed by atoms with E-state index in [9.17, 15) is 18.0 Å². The number of hydrogen-bond acceptors (Lipinski definition) is 5. The predicted molar refractivity (Wildman–Crippen MR) is 96.5 cm³/mol. The molecular weight excluding hydrogens is 368 g/mol. The maximum Gasteiger partial charge on any atom is 0.193 e. The highest BCUT2D eigenvalue weighted by atomic mass is 35.5. The van der Waals surface area contributed by atoms with E-state index in [-0.39, 0.29) is 28.0 Å². The van der Waals surface area contributed by atoms with Crippen molar-refractivity contribution in [3.8, 4) is 0 Å². The lowest BCUT2D eigenvalue weighted by atomic mass is 10.1. The minimum absolute atomic E-state index is 0.0185. The number of benzene rings is 2. The van der Waals surface area contributed by atoms with Crippen LogP contribution in [-0.2, 0) is 21.1 Å². The fourth-order valence-corrected chi connectivity index (χ4v) is 3.42. The molecule has 0 amide bonds. The molecule has 4 nitrogen and oxygen atoms in total. The molecule has 0 radical (unpaired) electrons. The van der Waals surface area contributed by atoms with Gasteiger partial charge in [0.2, 0.25) is 0 Å².